The summed E-state index contributed by atoms with van der Waals surface area (Å²) in [5, 5.41) is 11.8. The summed E-state index contributed by atoms with van der Waals surface area (Å²) >= 11 is -0.766. The second-order valence-corrected chi connectivity index (χ2v) is 7.36. The molecule has 3 aromatic rings. The molecule has 0 radical (unpaired) electrons. The highest BCUT2D eigenvalue weighted by Crippen LogP contribution is 2.31. The SMILES string of the molecule is O=C(O)c1ccccc1CCc1ccc(N(c2cccs2)S(=O)O)cc1. The van der Waals surface area contributed by atoms with Crippen LogP contribution in [0.4, 0.5) is 10.7 Å². The maximum Gasteiger partial charge on any atom is 0.335 e. The Balaban J connectivity index is 1.74. The van der Waals surface area contributed by atoms with E-state index < -0.39 is 17.2 Å². The van der Waals surface area contributed by atoms with E-state index in [1.807, 2.05) is 35.7 Å². The van der Waals surface area contributed by atoms with E-state index >= 15 is 0 Å². The first kappa shape index (κ1) is 18.3. The van der Waals surface area contributed by atoms with Gasteiger partial charge in [0.05, 0.1) is 11.3 Å². The van der Waals surface area contributed by atoms with Crippen molar-refractivity contribution in [1.82, 2.24) is 0 Å². The van der Waals surface area contributed by atoms with Gasteiger partial charge in [-0.05, 0) is 59.7 Å². The van der Waals surface area contributed by atoms with Gasteiger partial charge in [-0.3, -0.25) is 4.55 Å². The summed E-state index contributed by atoms with van der Waals surface area (Å²) in [6.45, 7) is 0. The normalized spacial score (nSPS) is 11.9. The van der Waals surface area contributed by atoms with Crippen molar-refractivity contribution < 1.29 is 18.7 Å². The molecule has 0 aliphatic heterocycles. The van der Waals surface area contributed by atoms with E-state index in [2.05, 4.69) is 0 Å². The topological polar surface area (TPSA) is 77.8 Å². The first-order valence-corrected chi connectivity index (χ1v) is 9.85. The molecule has 2 aromatic carbocycles. The maximum atomic E-state index is 11.7. The summed E-state index contributed by atoms with van der Waals surface area (Å²) in [5.74, 6) is -0.923. The van der Waals surface area contributed by atoms with Crippen molar-refractivity contribution in [2.45, 2.75) is 12.8 Å². The van der Waals surface area contributed by atoms with Crippen LogP contribution in [-0.4, -0.2) is 19.8 Å². The molecular weight excluding hydrogens is 370 g/mol. The van der Waals surface area contributed by atoms with E-state index in [1.54, 1.807) is 30.3 Å². The van der Waals surface area contributed by atoms with Gasteiger partial charge in [-0.1, -0.05) is 30.3 Å². The molecule has 1 atom stereocenters. The van der Waals surface area contributed by atoms with Crippen LogP contribution in [0.15, 0.2) is 66.0 Å². The number of carboxylic acid groups (broad SMARTS) is 1. The molecule has 0 spiro atoms. The lowest BCUT2D eigenvalue weighted by atomic mass is 10.00. The Bertz CT molecular complexity index is 908. The molecule has 1 unspecified atom stereocenters. The molecule has 5 nitrogen and oxygen atoms in total. The van der Waals surface area contributed by atoms with Crippen LogP contribution in [0, 0.1) is 0 Å². The number of carbonyl (C=O) groups is 1. The molecule has 134 valence electrons. The minimum atomic E-state index is -2.15. The van der Waals surface area contributed by atoms with Crippen LogP contribution < -0.4 is 4.31 Å². The predicted octanol–water partition coefficient (Wildman–Crippen LogP) is 4.51. The summed E-state index contributed by atoms with van der Waals surface area (Å²) in [6.07, 6.45) is 1.30. The van der Waals surface area contributed by atoms with Gasteiger partial charge in [0, 0.05) is 0 Å². The molecule has 1 heterocycles. The summed E-state index contributed by atoms with van der Waals surface area (Å²) in [6, 6.07) is 18.0. The van der Waals surface area contributed by atoms with Crippen molar-refractivity contribution in [1.29, 1.82) is 0 Å². The lowest BCUT2D eigenvalue weighted by Gasteiger charge is -2.18. The fourth-order valence-corrected chi connectivity index (χ4v) is 4.20. The third kappa shape index (κ3) is 4.19. The molecule has 0 saturated carbocycles. The number of benzene rings is 2. The monoisotopic (exact) mass is 387 g/mol. The van der Waals surface area contributed by atoms with E-state index in [-0.39, 0.29) is 0 Å². The van der Waals surface area contributed by atoms with Gasteiger partial charge in [0.2, 0.25) is 0 Å². The van der Waals surface area contributed by atoms with Crippen molar-refractivity contribution in [3.8, 4) is 0 Å². The van der Waals surface area contributed by atoms with Crippen LogP contribution in [0.1, 0.15) is 21.5 Å². The molecule has 3 rings (SSSR count). The van der Waals surface area contributed by atoms with Crippen LogP contribution in [0.5, 0.6) is 0 Å². The number of thiophene rings is 1. The fraction of sp³-hybridized carbons (Fsp3) is 0.105. The third-order valence-electron chi connectivity index (χ3n) is 3.96. The largest absolute Gasteiger partial charge is 0.478 e. The molecular formula is C19H17NO4S2. The zero-order valence-corrected chi connectivity index (χ0v) is 15.4. The minimum absolute atomic E-state index is 0.323. The van der Waals surface area contributed by atoms with Gasteiger partial charge in [0.1, 0.15) is 5.00 Å². The second kappa shape index (κ2) is 8.27. The molecule has 0 bridgehead atoms. The van der Waals surface area contributed by atoms with Crippen LogP contribution in [-0.2, 0) is 24.1 Å². The second-order valence-electron chi connectivity index (χ2n) is 5.61. The van der Waals surface area contributed by atoms with Gasteiger partial charge in [-0.2, -0.15) is 0 Å². The first-order chi connectivity index (χ1) is 12.6. The summed E-state index contributed by atoms with van der Waals surface area (Å²) in [5.41, 5.74) is 2.77. The number of nitrogens with zero attached hydrogens (tertiary/aromatic N) is 1. The molecule has 0 aliphatic rings. The van der Waals surface area contributed by atoms with Crippen LogP contribution in [0.25, 0.3) is 0 Å². The number of rotatable bonds is 7. The molecule has 0 amide bonds. The number of aryl methyl sites for hydroxylation is 2. The summed E-state index contributed by atoms with van der Waals surface area (Å²) in [4.78, 5) is 11.3. The highest BCUT2D eigenvalue weighted by atomic mass is 32.2. The molecule has 7 heteroatoms. The van der Waals surface area contributed by atoms with Gasteiger partial charge in [0.15, 0.2) is 0 Å². The van der Waals surface area contributed by atoms with Gasteiger partial charge in [-0.15, -0.1) is 11.3 Å². The molecule has 0 saturated heterocycles. The zero-order chi connectivity index (χ0) is 18.5. The fourth-order valence-electron chi connectivity index (χ4n) is 2.70. The quantitative estimate of drug-likeness (QED) is 0.585. The van der Waals surface area contributed by atoms with E-state index in [9.17, 15) is 18.7 Å². The molecule has 0 fully saturated rings. The smallest absolute Gasteiger partial charge is 0.335 e. The first-order valence-electron chi connectivity index (χ1n) is 7.91. The van der Waals surface area contributed by atoms with E-state index in [0.29, 0.717) is 29.1 Å². The standard InChI is InChI=1S/C19H17NO4S2/c21-19(22)17-5-2-1-4-15(17)10-7-14-8-11-16(12-9-14)20(26(23)24)18-6-3-13-25-18/h1-6,8-9,11-13H,7,10H2,(H,21,22)(H,23,24). The molecule has 2 N–H and O–H groups in total. The van der Waals surface area contributed by atoms with E-state index in [1.165, 1.54) is 15.6 Å². The maximum absolute atomic E-state index is 11.7. The number of hydrogen-bond donors (Lipinski definition) is 2. The van der Waals surface area contributed by atoms with Crippen molar-refractivity contribution in [3.05, 3.63) is 82.7 Å². The molecule has 0 aliphatic carbocycles. The van der Waals surface area contributed by atoms with Crippen LogP contribution in [0.2, 0.25) is 0 Å². The highest BCUT2D eigenvalue weighted by molar-refractivity contribution is 7.81. The third-order valence-corrected chi connectivity index (χ3v) is 5.65. The van der Waals surface area contributed by atoms with Crippen molar-refractivity contribution in [3.63, 3.8) is 0 Å². The Labute approximate surface area is 158 Å². The van der Waals surface area contributed by atoms with Gasteiger partial charge >= 0.3 is 5.97 Å². The Morgan fingerprint density at radius 3 is 2.35 bits per heavy atom. The number of carboxylic acids is 1. The van der Waals surface area contributed by atoms with E-state index in [4.69, 9.17) is 0 Å². The highest BCUT2D eigenvalue weighted by Gasteiger charge is 2.16. The van der Waals surface area contributed by atoms with Crippen LogP contribution >= 0.6 is 11.3 Å². The van der Waals surface area contributed by atoms with Gasteiger partial charge in [-0.25, -0.2) is 13.3 Å². The van der Waals surface area contributed by atoms with Gasteiger partial charge in [0.25, 0.3) is 11.3 Å². The number of anilines is 2. The van der Waals surface area contributed by atoms with Crippen molar-refractivity contribution in [2.75, 3.05) is 4.31 Å². The van der Waals surface area contributed by atoms with Crippen molar-refractivity contribution >= 4 is 39.3 Å². The lowest BCUT2D eigenvalue weighted by molar-refractivity contribution is 0.0695. The zero-order valence-electron chi connectivity index (χ0n) is 13.7. The molecule has 1 aromatic heterocycles. The van der Waals surface area contributed by atoms with Crippen molar-refractivity contribution in [2.24, 2.45) is 0 Å². The predicted molar refractivity (Wildman–Crippen MR) is 104 cm³/mol. The Morgan fingerprint density at radius 1 is 1.00 bits per heavy atom. The Kier molecular flexibility index (Phi) is 5.82. The lowest BCUT2D eigenvalue weighted by Crippen LogP contribution is -2.17. The Morgan fingerprint density at radius 2 is 1.73 bits per heavy atom. The number of aromatic carboxylic acids is 1. The molecule has 26 heavy (non-hydrogen) atoms. The Hall–Kier alpha value is -2.48. The number of hydrogen-bond acceptors (Lipinski definition) is 3. The van der Waals surface area contributed by atoms with Gasteiger partial charge < -0.3 is 5.11 Å². The average Bonchev–Trinajstić information content (AvgIpc) is 3.15. The van der Waals surface area contributed by atoms with E-state index in [0.717, 1.165) is 11.1 Å². The average molecular weight is 387 g/mol. The van der Waals surface area contributed by atoms with Crippen LogP contribution in [0.3, 0.4) is 0 Å². The summed E-state index contributed by atoms with van der Waals surface area (Å²) < 4.78 is 22.6. The minimum Gasteiger partial charge on any atom is -0.478 e. The summed E-state index contributed by atoms with van der Waals surface area (Å²) in [7, 11) is 0.